The largest absolute Gasteiger partial charge is 0.488 e. The molecule has 4 rings (SSSR count). The van der Waals surface area contributed by atoms with E-state index in [4.69, 9.17) is 13.9 Å². The number of nitro groups is 1. The number of amides is 1. The molecule has 11 heteroatoms. The van der Waals surface area contributed by atoms with Crippen LogP contribution < -0.4 is 4.74 Å². The van der Waals surface area contributed by atoms with Crippen molar-refractivity contribution in [2.24, 2.45) is 0 Å². The molecule has 0 fully saturated rings. The highest BCUT2D eigenvalue weighted by Gasteiger charge is 2.40. The molecule has 0 unspecified atom stereocenters. The van der Waals surface area contributed by atoms with E-state index in [9.17, 15) is 14.9 Å². The highest BCUT2D eigenvalue weighted by Crippen LogP contribution is 2.40. The first kappa shape index (κ1) is 33.1. The number of hydrogen-bond donors (Lipinski definition) is 0. The summed E-state index contributed by atoms with van der Waals surface area (Å²) in [6.45, 7) is 17.3. The Hall–Kier alpha value is -3.83. The number of aryl methyl sites for hydroxylation is 1. The first-order valence-electron chi connectivity index (χ1n) is 15.0. The molecule has 44 heavy (non-hydrogen) atoms. The van der Waals surface area contributed by atoms with Gasteiger partial charge in [-0.1, -0.05) is 26.8 Å². The Kier molecular flexibility index (Phi) is 9.79. The SMILES string of the molecule is CC(C)(C)N(C[C@H]1CCc2cc(-c3ccc([N+](=O)[O-])cn3)ccc2O1)C(=O)OC[C@H](O[Si](C)(C)C(C)(C)C)c1cccnc1. The summed E-state index contributed by atoms with van der Waals surface area (Å²) in [6, 6.07) is 12.7. The topological polar surface area (TPSA) is 117 Å². The molecule has 1 aromatic carbocycles. The minimum absolute atomic E-state index is 0.0113. The Morgan fingerprint density at radius 1 is 1.14 bits per heavy atom. The molecule has 236 valence electrons. The van der Waals surface area contributed by atoms with Gasteiger partial charge in [0.2, 0.25) is 0 Å². The van der Waals surface area contributed by atoms with Crippen LogP contribution in [0.2, 0.25) is 18.1 Å². The van der Waals surface area contributed by atoms with Gasteiger partial charge in [0.15, 0.2) is 8.32 Å². The standard InChI is InChI=1S/C33H44N4O6Si/c1-32(2,3)36(31(38)41-22-30(25-10-9-17-34-19-25)43-44(7,8)33(4,5)6)21-27-14-11-24-18-23(12-16-29(24)42-27)28-15-13-26(20-35-28)37(39)40/h9-10,12-13,15-20,27,30H,11,14,21-22H2,1-8H3/t27-,30+/m1/s1. The lowest BCUT2D eigenvalue weighted by Gasteiger charge is -2.40. The third kappa shape index (κ3) is 8.00. The summed E-state index contributed by atoms with van der Waals surface area (Å²) in [4.78, 5) is 34.4. The van der Waals surface area contributed by atoms with Crippen molar-refractivity contribution in [3.63, 3.8) is 0 Å². The molecule has 3 heterocycles. The molecule has 1 aliphatic rings. The Morgan fingerprint density at radius 2 is 1.89 bits per heavy atom. The van der Waals surface area contributed by atoms with Gasteiger partial charge in [-0.15, -0.1) is 0 Å². The number of carbonyl (C=O) groups is 1. The molecule has 0 saturated carbocycles. The normalized spacial score (nSPS) is 16.0. The number of rotatable bonds is 9. The highest BCUT2D eigenvalue weighted by atomic mass is 28.4. The second-order valence-corrected chi connectivity index (χ2v) is 18.5. The number of hydrogen-bond acceptors (Lipinski definition) is 8. The molecule has 1 aliphatic heterocycles. The van der Waals surface area contributed by atoms with Crippen LogP contribution in [0.5, 0.6) is 5.75 Å². The van der Waals surface area contributed by atoms with Crippen molar-refractivity contribution in [1.82, 2.24) is 14.9 Å². The highest BCUT2D eigenvalue weighted by molar-refractivity contribution is 6.74. The van der Waals surface area contributed by atoms with Crippen LogP contribution in [0.25, 0.3) is 11.3 Å². The van der Waals surface area contributed by atoms with E-state index < -0.39 is 31.0 Å². The maximum atomic E-state index is 13.6. The van der Waals surface area contributed by atoms with Crippen LogP contribution in [0, 0.1) is 10.1 Å². The Labute approximate surface area is 261 Å². The van der Waals surface area contributed by atoms with E-state index in [0.717, 1.165) is 35.3 Å². The van der Waals surface area contributed by atoms with Crippen LogP contribution >= 0.6 is 0 Å². The van der Waals surface area contributed by atoms with Crippen LogP contribution in [-0.2, 0) is 15.6 Å². The second-order valence-electron chi connectivity index (χ2n) is 13.8. The monoisotopic (exact) mass is 620 g/mol. The molecule has 2 aromatic heterocycles. The third-order valence-corrected chi connectivity index (χ3v) is 12.9. The van der Waals surface area contributed by atoms with Gasteiger partial charge < -0.3 is 13.9 Å². The summed E-state index contributed by atoms with van der Waals surface area (Å²) >= 11 is 0. The number of aromatic nitrogens is 2. The lowest BCUT2D eigenvalue weighted by molar-refractivity contribution is -0.385. The lowest BCUT2D eigenvalue weighted by Crippen LogP contribution is -2.51. The molecule has 0 saturated heterocycles. The summed E-state index contributed by atoms with van der Waals surface area (Å²) in [5.74, 6) is 0.758. The first-order valence-corrected chi connectivity index (χ1v) is 17.9. The first-order chi connectivity index (χ1) is 20.5. The van der Waals surface area contributed by atoms with Crippen LogP contribution in [-0.4, -0.2) is 59.0 Å². The average molecular weight is 621 g/mol. The van der Waals surface area contributed by atoms with Gasteiger partial charge in [-0.05, 0) is 87.6 Å². The van der Waals surface area contributed by atoms with Gasteiger partial charge in [-0.3, -0.25) is 20.0 Å². The Bertz CT molecular complexity index is 1450. The average Bonchev–Trinajstić information content (AvgIpc) is 2.96. The van der Waals surface area contributed by atoms with Crippen LogP contribution in [0.3, 0.4) is 0 Å². The predicted molar refractivity (Wildman–Crippen MR) is 172 cm³/mol. The molecule has 1 amide bonds. The van der Waals surface area contributed by atoms with Crippen molar-refractivity contribution >= 4 is 20.1 Å². The van der Waals surface area contributed by atoms with Gasteiger partial charge in [-0.25, -0.2) is 9.78 Å². The van der Waals surface area contributed by atoms with Gasteiger partial charge >= 0.3 is 6.09 Å². The minimum atomic E-state index is -2.17. The smallest absolute Gasteiger partial charge is 0.410 e. The summed E-state index contributed by atoms with van der Waals surface area (Å²) < 4.78 is 19.0. The van der Waals surface area contributed by atoms with E-state index in [0.29, 0.717) is 12.2 Å². The van der Waals surface area contributed by atoms with Crippen molar-refractivity contribution in [2.45, 2.75) is 90.3 Å². The van der Waals surface area contributed by atoms with E-state index >= 15 is 0 Å². The van der Waals surface area contributed by atoms with Crippen LogP contribution in [0.15, 0.2) is 61.1 Å². The predicted octanol–water partition coefficient (Wildman–Crippen LogP) is 7.75. The number of nitrogens with zero attached hydrogens (tertiary/aromatic N) is 4. The van der Waals surface area contributed by atoms with Gasteiger partial charge in [0, 0.05) is 35.1 Å². The molecule has 0 N–H and O–H groups in total. The summed E-state index contributed by atoms with van der Waals surface area (Å²) in [5.41, 5.74) is 2.88. The van der Waals surface area contributed by atoms with Crippen molar-refractivity contribution in [3.8, 4) is 17.0 Å². The number of benzene rings is 1. The van der Waals surface area contributed by atoms with Gasteiger partial charge in [0.05, 0.1) is 17.2 Å². The van der Waals surface area contributed by atoms with Crippen molar-refractivity contribution in [3.05, 3.63) is 82.3 Å². The van der Waals surface area contributed by atoms with E-state index in [2.05, 4.69) is 43.8 Å². The van der Waals surface area contributed by atoms with Crippen molar-refractivity contribution in [1.29, 1.82) is 0 Å². The zero-order chi connectivity index (χ0) is 32.3. The van der Waals surface area contributed by atoms with Gasteiger partial charge in [-0.2, -0.15) is 0 Å². The summed E-state index contributed by atoms with van der Waals surface area (Å²) in [6.07, 6.45) is 5.18. The molecule has 0 spiro atoms. The zero-order valence-corrected chi connectivity index (χ0v) is 28.0. The third-order valence-electron chi connectivity index (χ3n) is 8.42. The summed E-state index contributed by atoms with van der Waals surface area (Å²) in [7, 11) is -2.17. The Morgan fingerprint density at radius 3 is 2.48 bits per heavy atom. The quantitative estimate of drug-likeness (QED) is 0.135. The molecule has 3 aromatic rings. The summed E-state index contributed by atoms with van der Waals surface area (Å²) in [5, 5.41) is 11.0. The number of pyridine rings is 2. The lowest BCUT2D eigenvalue weighted by atomic mass is 9.97. The zero-order valence-electron chi connectivity index (χ0n) is 27.0. The van der Waals surface area contributed by atoms with E-state index in [1.54, 1.807) is 23.4 Å². The molecule has 0 radical (unpaired) electrons. The number of carbonyl (C=O) groups excluding carboxylic acids is 1. The Balaban J connectivity index is 1.44. The maximum Gasteiger partial charge on any atom is 0.410 e. The van der Waals surface area contributed by atoms with Crippen molar-refractivity contribution < 1.29 is 23.6 Å². The van der Waals surface area contributed by atoms with E-state index in [1.165, 1.54) is 12.3 Å². The fourth-order valence-electron chi connectivity index (χ4n) is 4.75. The van der Waals surface area contributed by atoms with Crippen LogP contribution in [0.4, 0.5) is 10.5 Å². The molecule has 0 bridgehead atoms. The number of fused-ring (bicyclic) bond motifs is 1. The molecular weight excluding hydrogens is 576 g/mol. The molecule has 0 aliphatic carbocycles. The van der Waals surface area contributed by atoms with Gasteiger partial charge in [0.1, 0.15) is 30.8 Å². The van der Waals surface area contributed by atoms with Gasteiger partial charge in [0.25, 0.3) is 5.69 Å². The van der Waals surface area contributed by atoms with Crippen molar-refractivity contribution in [2.75, 3.05) is 13.2 Å². The fraction of sp³-hybridized carbons (Fsp3) is 0.485. The second kappa shape index (κ2) is 13.0. The van der Waals surface area contributed by atoms with E-state index in [1.807, 2.05) is 51.1 Å². The number of ether oxygens (including phenoxy) is 2. The fourth-order valence-corrected chi connectivity index (χ4v) is 6.01. The maximum absolute atomic E-state index is 13.6. The van der Waals surface area contributed by atoms with Crippen LogP contribution in [0.1, 0.15) is 65.2 Å². The molecule has 10 nitrogen and oxygen atoms in total. The molecular formula is C33H44N4O6Si. The minimum Gasteiger partial charge on any atom is -0.488 e. The molecule has 2 atom stereocenters. The van der Waals surface area contributed by atoms with E-state index in [-0.39, 0.29) is 23.4 Å².